The van der Waals surface area contributed by atoms with Crippen LogP contribution in [0, 0.1) is 6.07 Å². The van der Waals surface area contributed by atoms with Gasteiger partial charge in [0.1, 0.15) is 6.61 Å². The van der Waals surface area contributed by atoms with Crippen LogP contribution in [-0.2, 0) is 4.74 Å². The summed E-state index contributed by atoms with van der Waals surface area (Å²) in [5.74, 6) is 0. The topological polar surface area (TPSA) is 34.6 Å². The van der Waals surface area contributed by atoms with Gasteiger partial charge in [0.2, 0.25) is 0 Å². The lowest BCUT2D eigenvalue weighted by molar-refractivity contribution is 0.0322. The van der Waals surface area contributed by atoms with Crippen molar-refractivity contribution in [1.29, 1.82) is 0 Å². The molecule has 1 aliphatic rings. The Morgan fingerprint density at radius 2 is 2.33 bits per heavy atom. The lowest BCUT2D eigenvalue weighted by Crippen LogP contribution is -2.38. The molecule has 95 valence electrons. The van der Waals surface area contributed by atoms with E-state index in [2.05, 4.69) is 16.0 Å². The normalized spacial score (nSPS) is 17.1. The van der Waals surface area contributed by atoms with Crippen LogP contribution in [-0.4, -0.2) is 49.3 Å². The number of morpholine rings is 1. The first-order valence-corrected chi connectivity index (χ1v) is 6.93. The fraction of sp³-hybridized carbons (Fsp3) is 0.462. The predicted octanol–water partition coefficient (Wildman–Crippen LogP) is 1.81. The maximum Gasteiger partial charge on any atom is 0.274 e. The molecule has 1 fully saturated rings. The number of hydrogen-bond acceptors (Lipinski definition) is 5. The van der Waals surface area contributed by atoms with Crippen molar-refractivity contribution in [3.05, 3.63) is 24.3 Å². The second-order valence-electron chi connectivity index (χ2n) is 4.18. The van der Waals surface area contributed by atoms with Crippen molar-refractivity contribution in [1.82, 2.24) is 9.88 Å². The van der Waals surface area contributed by atoms with Gasteiger partial charge >= 0.3 is 0 Å². The van der Waals surface area contributed by atoms with Gasteiger partial charge in [-0.15, -0.1) is 0 Å². The fourth-order valence-electron chi connectivity index (χ4n) is 1.94. The van der Waals surface area contributed by atoms with Crippen molar-refractivity contribution in [2.24, 2.45) is 0 Å². The molecule has 0 N–H and O–H groups in total. The Bertz CT molecular complexity index is 475. The van der Waals surface area contributed by atoms with E-state index in [1.165, 1.54) is 0 Å². The van der Waals surface area contributed by atoms with Crippen LogP contribution < -0.4 is 4.74 Å². The lowest BCUT2D eigenvalue weighted by atomic mass is 10.3. The number of benzene rings is 1. The van der Waals surface area contributed by atoms with E-state index in [1.54, 1.807) is 11.3 Å². The van der Waals surface area contributed by atoms with Crippen LogP contribution in [0.1, 0.15) is 0 Å². The quantitative estimate of drug-likeness (QED) is 0.842. The second-order valence-corrected chi connectivity index (χ2v) is 5.17. The third-order valence-electron chi connectivity index (χ3n) is 2.95. The van der Waals surface area contributed by atoms with Gasteiger partial charge in [-0.25, -0.2) is 4.98 Å². The minimum Gasteiger partial charge on any atom is -0.469 e. The fourth-order valence-corrected chi connectivity index (χ4v) is 2.76. The van der Waals surface area contributed by atoms with Crippen molar-refractivity contribution in [3.63, 3.8) is 0 Å². The van der Waals surface area contributed by atoms with E-state index in [9.17, 15) is 0 Å². The van der Waals surface area contributed by atoms with Gasteiger partial charge < -0.3 is 9.47 Å². The Hall–Kier alpha value is -1.17. The SMILES string of the molecule is [c]1ccc2nc(OCCN3CCOCC3)sc2c1. The molecule has 0 aliphatic carbocycles. The van der Waals surface area contributed by atoms with E-state index in [0.29, 0.717) is 6.61 Å². The molecule has 1 aromatic carbocycles. The molecule has 0 amide bonds. The summed E-state index contributed by atoms with van der Waals surface area (Å²) in [6, 6.07) is 8.83. The summed E-state index contributed by atoms with van der Waals surface area (Å²) in [5.41, 5.74) is 0.986. The highest BCUT2D eigenvalue weighted by atomic mass is 32.1. The first-order chi connectivity index (χ1) is 8.92. The summed E-state index contributed by atoms with van der Waals surface area (Å²) in [5, 5.41) is 0.748. The minimum absolute atomic E-state index is 0.684. The van der Waals surface area contributed by atoms with Crippen LogP contribution in [0.2, 0.25) is 0 Å². The molecule has 4 nitrogen and oxygen atoms in total. The first-order valence-electron chi connectivity index (χ1n) is 6.11. The van der Waals surface area contributed by atoms with E-state index < -0.39 is 0 Å². The highest BCUT2D eigenvalue weighted by Gasteiger charge is 2.10. The molecule has 3 rings (SSSR count). The van der Waals surface area contributed by atoms with Gasteiger partial charge in [0.05, 0.1) is 23.4 Å². The molecule has 1 saturated heterocycles. The Balaban J connectivity index is 1.53. The standard InChI is InChI=1S/C13H15N2O2S/c1-2-4-12-11(3-1)14-13(18-12)17-10-7-15-5-8-16-9-6-15/h1,3-4H,5-10H2. The summed E-state index contributed by atoms with van der Waals surface area (Å²) >= 11 is 1.58. The molecule has 0 atom stereocenters. The largest absolute Gasteiger partial charge is 0.469 e. The van der Waals surface area contributed by atoms with Gasteiger partial charge in [-0.2, -0.15) is 0 Å². The maximum atomic E-state index is 5.70. The molecule has 1 aliphatic heterocycles. The van der Waals surface area contributed by atoms with E-state index >= 15 is 0 Å². The molecule has 1 radical (unpaired) electrons. The predicted molar refractivity (Wildman–Crippen MR) is 71.2 cm³/mol. The van der Waals surface area contributed by atoms with Crippen LogP contribution in [0.5, 0.6) is 5.19 Å². The first kappa shape index (κ1) is 11.9. The van der Waals surface area contributed by atoms with Gasteiger partial charge in [-0.05, 0) is 18.2 Å². The molecular formula is C13H15N2O2S. The third kappa shape index (κ3) is 2.80. The molecule has 0 spiro atoms. The smallest absolute Gasteiger partial charge is 0.274 e. The Morgan fingerprint density at radius 1 is 1.44 bits per heavy atom. The second kappa shape index (κ2) is 5.65. The minimum atomic E-state index is 0.684. The zero-order valence-corrected chi connectivity index (χ0v) is 10.9. The number of aromatic nitrogens is 1. The number of thiazole rings is 1. The Morgan fingerprint density at radius 3 is 3.17 bits per heavy atom. The van der Waals surface area contributed by atoms with Crippen LogP contribution in [0.4, 0.5) is 0 Å². The van der Waals surface area contributed by atoms with Crippen LogP contribution in [0.15, 0.2) is 18.2 Å². The third-order valence-corrected chi connectivity index (χ3v) is 3.88. The molecule has 0 bridgehead atoms. The number of hydrogen-bond donors (Lipinski definition) is 0. The Labute approximate surface area is 110 Å². The monoisotopic (exact) mass is 263 g/mol. The molecule has 2 heterocycles. The van der Waals surface area contributed by atoms with Gasteiger partial charge in [0, 0.05) is 19.6 Å². The molecule has 5 heteroatoms. The van der Waals surface area contributed by atoms with Gasteiger partial charge in [-0.1, -0.05) is 17.4 Å². The molecular weight excluding hydrogens is 248 g/mol. The molecule has 0 saturated carbocycles. The number of fused-ring (bicyclic) bond motifs is 1. The average molecular weight is 263 g/mol. The molecule has 0 unspecified atom stereocenters. The van der Waals surface area contributed by atoms with Crippen molar-refractivity contribution in [2.75, 3.05) is 39.5 Å². The number of rotatable bonds is 4. The van der Waals surface area contributed by atoms with Crippen molar-refractivity contribution in [3.8, 4) is 5.19 Å². The molecule has 2 aromatic rings. The lowest BCUT2D eigenvalue weighted by Gasteiger charge is -2.26. The zero-order valence-electron chi connectivity index (χ0n) is 10.1. The number of ether oxygens (including phenoxy) is 2. The van der Waals surface area contributed by atoms with Crippen molar-refractivity contribution in [2.45, 2.75) is 0 Å². The van der Waals surface area contributed by atoms with E-state index in [4.69, 9.17) is 9.47 Å². The summed E-state index contributed by atoms with van der Waals surface area (Å²) in [6.45, 7) is 5.28. The van der Waals surface area contributed by atoms with Gasteiger partial charge in [0.15, 0.2) is 0 Å². The highest BCUT2D eigenvalue weighted by Crippen LogP contribution is 2.26. The number of nitrogens with zero attached hydrogens (tertiary/aromatic N) is 2. The zero-order chi connectivity index (χ0) is 12.2. The van der Waals surface area contributed by atoms with Crippen LogP contribution in [0.3, 0.4) is 0 Å². The molecule has 18 heavy (non-hydrogen) atoms. The van der Waals surface area contributed by atoms with E-state index in [0.717, 1.165) is 48.3 Å². The van der Waals surface area contributed by atoms with Crippen molar-refractivity contribution >= 4 is 21.6 Å². The summed E-state index contributed by atoms with van der Waals surface area (Å²) in [4.78, 5) is 6.78. The van der Waals surface area contributed by atoms with Gasteiger partial charge in [-0.3, -0.25) is 4.90 Å². The van der Waals surface area contributed by atoms with E-state index in [-0.39, 0.29) is 0 Å². The van der Waals surface area contributed by atoms with E-state index in [1.807, 2.05) is 18.2 Å². The summed E-state index contributed by atoms with van der Waals surface area (Å²) in [7, 11) is 0. The highest BCUT2D eigenvalue weighted by molar-refractivity contribution is 7.20. The van der Waals surface area contributed by atoms with Gasteiger partial charge in [0.25, 0.3) is 5.19 Å². The Kier molecular flexibility index (Phi) is 3.73. The maximum absolute atomic E-state index is 5.70. The van der Waals surface area contributed by atoms with Crippen LogP contribution in [0.25, 0.3) is 10.2 Å². The van der Waals surface area contributed by atoms with Crippen LogP contribution >= 0.6 is 11.3 Å². The summed E-state index contributed by atoms with van der Waals surface area (Å²) in [6.07, 6.45) is 0. The molecule has 1 aromatic heterocycles. The van der Waals surface area contributed by atoms with Crippen molar-refractivity contribution < 1.29 is 9.47 Å². The summed E-state index contributed by atoms with van der Waals surface area (Å²) < 4.78 is 12.1. The average Bonchev–Trinajstić information content (AvgIpc) is 2.82.